The highest BCUT2D eigenvalue weighted by Gasteiger charge is 2.18. The van der Waals surface area contributed by atoms with Gasteiger partial charge in [0.05, 0.1) is 22.1 Å². The summed E-state index contributed by atoms with van der Waals surface area (Å²) in [6.07, 6.45) is 7.97. The summed E-state index contributed by atoms with van der Waals surface area (Å²) in [7, 11) is 0. The number of aromatic nitrogens is 2. The smallest absolute Gasteiger partial charge is 0.145 e. The van der Waals surface area contributed by atoms with E-state index in [0.717, 1.165) is 35.5 Å². The molecule has 0 saturated heterocycles. The van der Waals surface area contributed by atoms with E-state index < -0.39 is 0 Å². The maximum absolute atomic E-state index is 8.21. The summed E-state index contributed by atoms with van der Waals surface area (Å²) in [6.45, 7) is 4.43. The molecule has 6 heteroatoms. The number of nitrogen functional groups attached to an aromatic ring is 1. The van der Waals surface area contributed by atoms with Crippen molar-refractivity contribution in [2.75, 3.05) is 12.3 Å². The molecular formula is C27H33Cl2N3O. The maximum Gasteiger partial charge on any atom is 0.145 e. The third-order valence-electron chi connectivity index (χ3n) is 5.89. The summed E-state index contributed by atoms with van der Waals surface area (Å²) in [5, 5.41) is 9.38. The van der Waals surface area contributed by atoms with Crippen LogP contribution in [0.2, 0.25) is 10.0 Å². The van der Waals surface area contributed by atoms with Gasteiger partial charge in [-0.2, -0.15) is 0 Å². The van der Waals surface area contributed by atoms with Crippen LogP contribution in [-0.4, -0.2) is 21.7 Å². The minimum Gasteiger partial charge on any atom is -0.396 e. The van der Waals surface area contributed by atoms with Crippen molar-refractivity contribution in [3.8, 4) is 11.3 Å². The minimum atomic E-state index is 0.417. The zero-order valence-electron chi connectivity index (χ0n) is 19.5. The van der Waals surface area contributed by atoms with Crippen LogP contribution in [0.4, 0.5) is 5.82 Å². The van der Waals surface area contributed by atoms with Crippen molar-refractivity contribution in [2.24, 2.45) is 5.92 Å². The van der Waals surface area contributed by atoms with Gasteiger partial charge >= 0.3 is 0 Å². The molecule has 3 N–H and O–H groups in total. The van der Waals surface area contributed by atoms with Crippen molar-refractivity contribution in [3.05, 3.63) is 75.0 Å². The minimum absolute atomic E-state index is 0.417. The van der Waals surface area contributed by atoms with Gasteiger partial charge in [0.1, 0.15) is 5.82 Å². The van der Waals surface area contributed by atoms with Gasteiger partial charge in [0.2, 0.25) is 0 Å². The highest BCUT2D eigenvalue weighted by molar-refractivity contribution is 6.36. The molecule has 2 aliphatic carbocycles. The van der Waals surface area contributed by atoms with E-state index in [0.29, 0.717) is 28.4 Å². The van der Waals surface area contributed by atoms with Gasteiger partial charge in [-0.15, -0.1) is 0 Å². The van der Waals surface area contributed by atoms with Crippen molar-refractivity contribution >= 4 is 29.0 Å². The first-order valence-electron chi connectivity index (χ1n) is 11.7. The molecule has 1 fully saturated rings. The number of nitrogens with zero attached hydrogens (tertiary/aromatic N) is 2. The molecule has 0 amide bonds. The number of hydrogen-bond acceptors (Lipinski definition) is 4. The quantitative estimate of drug-likeness (QED) is 0.429. The van der Waals surface area contributed by atoms with E-state index in [-0.39, 0.29) is 0 Å². The molecule has 33 heavy (non-hydrogen) atoms. The summed E-state index contributed by atoms with van der Waals surface area (Å²) < 4.78 is 0. The molecule has 1 saturated carbocycles. The number of benzene rings is 2. The average molecular weight is 486 g/mol. The second-order valence-electron chi connectivity index (χ2n) is 8.43. The molecule has 0 spiro atoms. The molecule has 0 unspecified atom stereocenters. The standard InChI is InChI=1S/C14H15Cl2N3.C9H10.C4H8O/c1-3-11-13(18-12(4-2)14(17)19-11)9-6-5-8(15)7-10(9)16;1-2-5-9-7-3-6-8(9)4-1;5-3-4-1-2-4/h5-7H,3-4H2,1-2H3,(H2,17,19);1-2,4-5H,3,6-7H2;4-5H,1-3H2. The number of rotatable bonds is 4. The van der Waals surface area contributed by atoms with E-state index in [4.69, 9.17) is 34.0 Å². The summed E-state index contributed by atoms with van der Waals surface area (Å²) in [4.78, 5) is 9.03. The van der Waals surface area contributed by atoms with Crippen molar-refractivity contribution < 1.29 is 5.11 Å². The Kier molecular flexibility index (Phi) is 9.54. The molecule has 4 nitrogen and oxygen atoms in total. The number of aliphatic hydroxyl groups is 1. The highest BCUT2D eigenvalue weighted by atomic mass is 35.5. The van der Waals surface area contributed by atoms with E-state index in [9.17, 15) is 0 Å². The van der Waals surface area contributed by atoms with E-state index >= 15 is 0 Å². The lowest BCUT2D eigenvalue weighted by Crippen LogP contribution is -2.06. The molecule has 2 aromatic carbocycles. The topological polar surface area (TPSA) is 72.0 Å². The van der Waals surface area contributed by atoms with Crippen LogP contribution in [0, 0.1) is 5.92 Å². The number of hydrogen-bond donors (Lipinski definition) is 2. The normalized spacial score (nSPS) is 14.0. The van der Waals surface area contributed by atoms with Gasteiger partial charge in [-0.25, -0.2) is 9.97 Å². The molecular weight excluding hydrogens is 453 g/mol. The highest BCUT2D eigenvalue weighted by Crippen LogP contribution is 2.32. The van der Waals surface area contributed by atoms with Crippen LogP contribution in [0.25, 0.3) is 11.3 Å². The monoisotopic (exact) mass is 485 g/mol. The Labute approximate surface area is 207 Å². The fourth-order valence-electron chi connectivity index (χ4n) is 3.74. The van der Waals surface area contributed by atoms with Crippen LogP contribution in [-0.2, 0) is 25.7 Å². The van der Waals surface area contributed by atoms with Gasteiger partial charge in [-0.3, -0.25) is 0 Å². The van der Waals surface area contributed by atoms with Crippen LogP contribution in [0.3, 0.4) is 0 Å². The SMILES string of the molecule is CCc1nc(-c2ccc(Cl)cc2Cl)c(CC)nc1N.OCC1CC1.c1ccc2c(c1)CCC2. The molecule has 0 atom stereocenters. The first-order valence-corrected chi connectivity index (χ1v) is 12.5. The third-order valence-corrected chi connectivity index (χ3v) is 6.44. The number of halogens is 2. The Morgan fingerprint density at radius 1 is 0.939 bits per heavy atom. The zero-order chi connectivity index (χ0) is 23.8. The second-order valence-corrected chi connectivity index (χ2v) is 9.27. The van der Waals surface area contributed by atoms with Crippen LogP contribution < -0.4 is 5.73 Å². The Bertz CT molecular complexity index is 1040. The molecule has 0 aliphatic heterocycles. The van der Waals surface area contributed by atoms with Gasteiger partial charge < -0.3 is 10.8 Å². The summed E-state index contributed by atoms with van der Waals surface area (Å²) in [5.41, 5.74) is 12.3. The van der Waals surface area contributed by atoms with E-state index in [1.165, 1.54) is 32.1 Å². The lowest BCUT2D eigenvalue weighted by Gasteiger charge is -2.12. The van der Waals surface area contributed by atoms with Gasteiger partial charge in [-0.1, -0.05) is 61.3 Å². The van der Waals surface area contributed by atoms with Gasteiger partial charge in [0, 0.05) is 17.2 Å². The average Bonchev–Trinajstić information content (AvgIpc) is 3.55. The number of aryl methyl sites for hydroxylation is 4. The number of anilines is 1. The lowest BCUT2D eigenvalue weighted by molar-refractivity contribution is 0.277. The summed E-state index contributed by atoms with van der Waals surface area (Å²) in [6, 6.07) is 14.1. The van der Waals surface area contributed by atoms with Crippen LogP contribution in [0.15, 0.2) is 42.5 Å². The predicted octanol–water partition coefficient (Wildman–Crippen LogP) is 6.72. The molecule has 3 aromatic rings. The first-order chi connectivity index (χ1) is 16.0. The van der Waals surface area contributed by atoms with Gasteiger partial charge in [0.15, 0.2) is 0 Å². The van der Waals surface area contributed by atoms with Crippen molar-refractivity contribution in [1.82, 2.24) is 9.97 Å². The molecule has 0 radical (unpaired) electrons. The number of fused-ring (bicyclic) bond motifs is 1. The van der Waals surface area contributed by atoms with Gasteiger partial charge in [0.25, 0.3) is 0 Å². The van der Waals surface area contributed by atoms with E-state index in [1.807, 2.05) is 19.9 Å². The Morgan fingerprint density at radius 3 is 2.06 bits per heavy atom. The second kappa shape index (κ2) is 12.4. The summed E-state index contributed by atoms with van der Waals surface area (Å²) >= 11 is 12.2. The molecule has 1 aromatic heterocycles. The van der Waals surface area contributed by atoms with Crippen LogP contribution >= 0.6 is 23.2 Å². The Balaban J connectivity index is 0.000000177. The number of aliphatic hydroxyl groups excluding tert-OH is 1. The maximum atomic E-state index is 8.21. The summed E-state index contributed by atoms with van der Waals surface area (Å²) in [5.74, 6) is 1.18. The zero-order valence-corrected chi connectivity index (χ0v) is 21.0. The van der Waals surface area contributed by atoms with E-state index in [1.54, 1.807) is 23.3 Å². The van der Waals surface area contributed by atoms with E-state index in [2.05, 4.69) is 34.2 Å². The first kappa shape index (κ1) is 25.5. The largest absolute Gasteiger partial charge is 0.396 e. The van der Waals surface area contributed by atoms with Gasteiger partial charge in [-0.05, 0) is 80.2 Å². The molecule has 1 heterocycles. The predicted molar refractivity (Wildman–Crippen MR) is 139 cm³/mol. The van der Waals surface area contributed by atoms with Crippen molar-refractivity contribution in [2.45, 2.75) is 58.8 Å². The molecule has 5 rings (SSSR count). The Hall–Kier alpha value is -2.14. The molecule has 0 bridgehead atoms. The van der Waals surface area contributed by atoms with Crippen molar-refractivity contribution in [3.63, 3.8) is 0 Å². The molecule has 176 valence electrons. The fraction of sp³-hybridized carbons (Fsp3) is 0.407. The third kappa shape index (κ3) is 7.17. The Morgan fingerprint density at radius 2 is 1.58 bits per heavy atom. The molecule has 2 aliphatic rings. The van der Waals surface area contributed by atoms with Crippen LogP contribution in [0.5, 0.6) is 0 Å². The van der Waals surface area contributed by atoms with Crippen LogP contribution in [0.1, 0.15) is 55.6 Å². The number of nitrogens with two attached hydrogens (primary N) is 1. The van der Waals surface area contributed by atoms with Crippen molar-refractivity contribution in [1.29, 1.82) is 0 Å². The lowest BCUT2D eigenvalue weighted by atomic mass is 10.1. The fourth-order valence-corrected chi connectivity index (χ4v) is 4.24.